The van der Waals surface area contributed by atoms with Gasteiger partial charge in [0.25, 0.3) is 5.15 Å². The molecule has 0 spiro atoms. The molecule has 2 rings (SSSR count). The van der Waals surface area contributed by atoms with Crippen LogP contribution in [0.2, 0.25) is 5.15 Å². The molecule has 0 atom stereocenters. The normalized spacial score (nSPS) is 11.6. The van der Waals surface area contributed by atoms with Crippen LogP contribution in [0.15, 0.2) is 12.3 Å². The third kappa shape index (κ3) is 2.75. The first-order chi connectivity index (χ1) is 9.61. The van der Waals surface area contributed by atoms with Crippen molar-refractivity contribution >= 4 is 34.4 Å². The third-order valence-corrected chi connectivity index (χ3v) is 2.78. The second kappa shape index (κ2) is 4.88. The van der Waals surface area contributed by atoms with Crippen molar-refractivity contribution in [2.24, 2.45) is 0 Å². The van der Waals surface area contributed by atoms with E-state index in [0.29, 0.717) is 0 Å². The first-order valence-electron chi connectivity index (χ1n) is 5.89. The van der Waals surface area contributed by atoms with Crippen LogP contribution >= 0.6 is 11.6 Å². The van der Waals surface area contributed by atoms with Crippen molar-refractivity contribution in [2.45, 2.75) is 26.4 Å². The number of aromatic hydroxyl groups is 1. The van der Waals surface area contributed by atoms with Crippen molar-refractivity contribution < 1.29 is 19.6 Å². The maximum absolute atomic E-state index is 12.1. The lowest BCUT2D eigenvalue weighted by molar-refractivity contribution is -0.390. The number of nitrogens with zero attached hydrogens (tertiary/aromatic N) is 3. The molecule has 0 aliphatic carbocycles. The monoisotopic (exact) mass is 313 g/mol. The highest BCUT2D eigenvalue weighted by molar-refractivity contribution is 6.34. The number of pyridine rings is 1. The van der Waals surface area contributed by atoms with Crippen molar-refractivity contribution in [3.63, 3.8) is 0 Å². The standard InChI is InChI=1S/C12H12ClN3O5/c1-12(2,3)21-11(18)15-5-4-6-7(15)9(13)14-10(8(6)17)16(19)20/h4-5,17H,1-3H3. The summed E-state index contributed by atoms with van der Waals surface area (Å²) in [7, 11) is 0. The van der Waals surface area contributed by atoms with Gasteiger partial charge >= 0.3 is 11.9 Å². The van der Waals surface area contributed by atoms with Crippen LogP contribution in [0, 0.1) is 10.1 Å². The van der Waals surface area contributed by atoms with E-state index in [4.69, 9.17) is 16.3 Å². The van der Waals surface area contributed by atoms with Gasteiger partial charge in [0.15, 0.2) is 0 Å². The zero-order chi connectivity index (χ0) is 15.9. The smallest absolute Gasteiger partial charge is 0.419 e. The number of rotatable bonds is 1. The molecule has 0 aliphatic heterocycles. The zero-order valence-corrected chi connectivity index (χ0v) is 12.2. The molecule has 0 bridgehead atoms. The number of hydrogen-bond acceptors (Lipinski definition) is 6. The summed E-state index contributed by atoms with van der Waals surface area (Å²) in [4.78, 5) is 25.5. The molecule has 21 heavy (non-hydrogen) atoms. The minimum atomic E-state index is -0.856. The Labute approximate surface area is 124 Å². The van der Waals surface area contributed by atoms with Crippen LogP contribution in [-0.4, -0.2) is 31.3 Å². The first-order valence-corrected chi connectivity index (χ1v) is 6.27. The van der Waals surface area contributed by atoms with E-state index in [9.17, 15) is 20.0 Å². The van der Waals surface area contributed by atoms with Gasteiger partial charge in [0.05, 0.1) is 5.39 Å². The van der Waals surface area contributed by atoms with E-state index in [-0.39, 0.29) is 16.1 Å². The lowest BCUT2D eigenvalue weighted by Gasteiger charge is -2.19. The molecule has 8 nitrogen and oxygen atoms in total. The van der Waals surface area contributed by atoms with Gasteiger partial charge in [0.1, 0.15) is 11.1 Å². The summed E-state index contributed by atoms with van der Waals surface area (Å²) in [5, 5.41) is 20.4. The van der Waals surface area contributed by atoms with Crippen molar-refractivity contribution in [3.05, 3.63) is 27.5 Å². The fourth-order valence-electron chi connectivity index (χ4n) is 1.74. The molecule has 0 saturated carbocycles. The van der Waals surface area contributed by atoms with Crippen molar-refractivity contribution in [1.29, 1.82) is 0 Å². The highest BCUT2D eigenvalue weighted by atomic mass is 35.5. The highest BCUT2D eigenvalue weighted by Crippen LogP contribution is 2.36. The maximum atomic E-state index is 12.1. The Morgan fingerprint density at radius 1 is 1.52 bits per heavy atom. The second-order valence-corrected chi connectivity index (χ2v) is 5.62. The van der Waals surface area contributed by atoms with Crippen LogP contribution in [0.25, 0.3) is 10.9 Å². The van der Waals surface area contributed by atoms with Gasteiger partial charge in [-0.15, -0.1) is 0 Å². The van der Waals surface area contributed by atoms with E-state index in [0.717, 1.165) is 4.57 Å². The number of carbonyl (C=O) groups excluding carboxylic acids is 1. The number of halogens is 1. The van der Waals surface area contributed by atoms with Crippen molar-refractivity contribution in [2.75, 3.05) is 0 Å². The molecule has 1 N–H and O–H groups in total. The molecule has 0 amide bonds. The molecule has 2 aromatic heterocycles. The summed E-state index contributed by atoms with van der Waals surface area (Å²) in [6.07, 6.45) is 0.574. The van der Waals surface area contributed by atoms with Gasteiger partial charge in [0.2, 0.25) is 5.75 Å². The molecule has 2 aromatic rings. The Kier molecular flexibility index (Phi) is 3.50. The third-order valence-electron chi connectivity index (χ3n) is 2.52. The fourth-order valence-corrected chi connectivity index (χ4v) is 2.02. The molecular weight excluding hydrogens is 302 g/mol. The van der Waals surface area contributed by atoms with E-state index < -0.39 is 28.2 Å². The molecule has 0 fully saturated rings. The Balaban J connectivity index is 2.62. The van der Waals surface area contributed by atoms with Gasteiger partial charge in [-0.1, -0.05) is 0 Å². The van der Waals surface area contributed by atoms with Gasteiger partial charge in [-0.2, -0.15) is 0 Å². The largest absolute Gasteiger partial charge is 0.500 e. The van der Waals surface area contributed by atoms with Crippen LogP contribution < -0.4 is 0 Å². The molecule has 0 aromatic carbocycles. The number of carbonyl (C=O) groups is 1. The molecular formula is C12H12ClN3O5. The first kappa shape index (κ1) is 15.0. The molecule has 0 radical (unpaired) electrons. The summed E-state index contributed by atoms with van der Waals surface area (Å²) in [5.74, 6) is -1.42. The highest BCUT2D eigenvalue weighted by Gasteiger charge is 2.27. The van der Waals surface area contributed by atoms with E-state index in [1.54, 1.807) is 20.8 Å². The minimum absolute atomic E-state index is 0.0487. The Morgan fingerprint density at radius 2 is 2.14 bits per heavy atom. The fraction of sp³-hybridized carbons (Fsp3) is 0.333. The molecule has 9 heteroatoms. The molecule has 0 saturated heterocycles. The zero-order valence-electron chi connectivity index (χ0n) is 11.5. The summed E-state index contributed by atoms with van der Waals surface area (Å²) in [5.41, 5.74) is -0.676. The summed E-state index contributed by atoms with van der Waals surface area (Å²) < 4.78 is 6.23. The van der Waals surface area contributed by atoms with Crippen molar-refractivity contribution in [3.8, 4) is 5.75 Å². The lowest BCUT2D eigenvalue weighted by atomic mass is 10.2. The van der Waals surface area contributed by atoms with E-state index in [1.807, 2.05) is 0 Å². The molecule has 2 heterocycles. The van der Waals surface area contributed by atoms with Crippen LogP contribution in [0.5, 0.6) is 5.75 Å². The summed E-state index contributed by atoms with van der Waals surface area (Å²) in [6, 6.07) is 1.33. The predicted octanol–water partition coefficient (Wildman–Crippen LogP) is 3.09. The SMILES string of the molecule is CC(C)(C)OC(=O)n1ccc2c(O)c([N+](=O)[O-])nc(Cl)c21. The number of ether oxygens (including phenoxy) is 1. The predicted molar refractivity (Wildman–Crippen MR) is 74.7 cm³/mol. The van der Waals surface area contributed by atoms with Crippen LogP contribution in [0.1, 0.15) is 20.8 Å². The van der Waals surface area contributed by atoms with E-state index in [1.165, 1.54) is 12.3 Å². The van der Waals surface area contributed by atoms with E-state index >= 15 is 0 Å². The molecule has 112 valence electrons. The Hall–Kier alpha value is -2.35. The van der Waals surface area contributed by atoms with Gasteiger partial charge < -0.3 is 20.0 Å². The maximum Gasteiger partial charge on any atom is 0.419 e. The average Bonchev–Trinajstić information content (AvgIpc) is 2.76. The average molecular weight is 314 g/mol. The van der Waals surface area contributed by atoms with Gasteiger partial charge in [-0.25, -0.2) is 9.36 Å². The second-order valence-electron chi connectivity index (χ2n) is 5.26. The molecule has 0 aliphatic rings. The quantitative estimate of drug-likeness (QED) is 0.492. The number of nitro groups is 1. The molecule has 0 unspecified atom stereocenters. The van der Waals surface area contributed by atoms with Crippen LogP contribution in [0.4, 0.5) is 10.6 Å². The van der Waals surface area contributed by atoms with Crippen molar-refractivity contribution in [1.82, 2.24) is 9.55 Å². The minimum Gasteiger partial charge on any atom is -0.500 e. The lowest BCUT2D eigenvalue weighted by Crippen LogP contribution is -2.26. The summed E-state index contributed by atoms with van der Waals surface area (Å²) >= 11 is 5.88. The Bertz CT molecular complexity index is 747. The number of fused-ring (bicyclic) bond motifs is 1. The van der Waals surface area contributed by atoms with Gasteiger partial charge in [-0.3, -0.25) is 0 Å². The van der Waals surface area contributed by atoms with Gasteiger partial charge in [-0.05, 0) is 48.3 Å². The summed E-state index contributed by atoms with van der Waals surface area (Å²) in [6.45, 7) is 5.08. The van der Waals surface area contributed by atoms with Gasteiger partial charge in [0, 0.05) is 6.20 Å². The topological polar surface area (TPSA) is 107 Å². The Morgan fingerprint density at radius 3 is 2.67 bits per heavy atom. The van der Waals surface area contributed by atoms with E-state index in [2.05, 4.69) is 4.98 Å². The van der Waals surface area contributed by atoms with Crippen LogP contribution in [-0.2, 0) is 4.74 Å². The number of aromatic nitrogens is 2. The van der Waals surface area contributed by atoms with Crippen LogP contribution in [0.3, 0.4) is 0 Å². The number of hydrogen-bond donors (Lipinski definition) is 1.